The number of hydrogen-bond acceptors (Lipinski definition) is 6. The molecule has 2 N–H and O–H groups in total. The number of carbonyl (C=O) groups excluding carboxylic acids is 2. The second-order valence-corrected chi connectivity index (χ2v) is 2.34. The SMILES string of the molecule is COC(=O)C(C(=O)O)=C(C(=O)O)C(=O)OC. The fourth-order valence-corrected chi connectivity index (χ4v) is 0.797. The van der Waals surface area contributed by atoms with Crippen molar-refractivity contribution >= 4 is 23.9 Å². The minimum Gasteiger partial charge on any atom is -0.477 e. The third-order valence-electron chi connectivity index (χ3n) is 1.46. The monoisotopic (exact) mass is 232 g/mol. The molecule has 0 amide bonds. The number of carbonyl (C=O) groups is 4. The van der Waals surface area contributed by atoms with Crippen LogP contribution in [0.5, 0.6) is 0 Å². The highest BCUT2D eigenvalue weighted by atomic mass is 16.5. The van der Waals surface area contributed by atoms with E-state index >= 15 is 0 Å². The molecule has 0 aliphatic rings. The zero-order valence-electron chi connectivity index (χ0n) is 8.34. The van der Waals surface area contributed by atoms with Crippen molar-refractivity contribution in [2.24, 2.45) is 0 Å². The van der Waals surface area contributed by atoms with Crippen molar-refractivity contribution in [1.82, 2.24) is 0 Å². The van der Waals surface area contributed by atoms with Crippen molar-refractivity contribution in [2.75, 3.05) is 14.2 Å². The van der Waals surface area contributed by atoms with Crippen molar-refractivity contribution < 1.29 is 38.9 Å². The number of rotatable bonds is 4. The fourth-order valence-electron chi connectivity index (χ4n) is 0.797. The molecule has 0 atom stereocenters. The lowest BCUT2D eigenvalue weighted by Crippen LogP contribution is -2.25. The Morgan fingerprint density at radius 1 is 0.750 bits per heavy atom. The average Bonchev–Trinajstić information content (AvgIpc) is 2.22. The van der Waals surface area contributed by atoms with Crippen LogP contribution in [-0.2, 0) is 28.7 Å². The molecule has 8 heteroatoms. The number of esters is 2. The summed E-state index contributed by atoms with van der Waals surface area (Å²) in [5, 5.41) is 17.2. The molecule has 0 aliphatic carbocycles. The molecule has 0 fully saturated rings. The lowest BCUT2D eigenvalue weighted by molar-refractivity contribution is -0.148. The molecule has 0 saturated carbocycles. The van der Waals surface area contributed by atoms with Crippen LogP contribution in [0.15, 0.2) is 11.1 Å². The van der Waals surface area contributed by atoms with Crippen LogP contribution in [0.4, 0.5) is 0 Å². The molecule has 0 unspecified atom stereocenters. The summed E-state index contributed by atoms with van der Waals surface area (Å²) in [5.41, 5.74) is -2.58. The first kappa shape index (κ1) is 13.6. The minimum atomic E-state index is -1.89. The number of hydrogen-bond donors (Lipinski definition) is 2. The second kappa shape index (κ2) is 5.49. The zero-order valence-corrected chi connectivity index (χ0v) is 8.34. The summed E-state index contributed by atoms with van der Waals surface area (Å²) in [6.07, 6.45) is 0. The van der Waals surface area contributed by atoms with Crippen molar-refractivity contribution in [3.8, 4) is 0 Å². The Bertz CT molecular complexity index is 341. The highest BCUT2D eigenvalue weighted by molar-refractivity contribution is 6.27. The molecule has 0 bridgehead atoms. The molecule has 0 aliphatic heterocycles. The summed E-state index contributed by atoms with van der Waals surface area (Å²) in [5.74, 6) is -6.69. The molecule has 0 aromatic carbocycles. The lowest BCUT2D eigenvalue weighted by Gasteiger charge is -2.04. The number of carboxylic acid groups (broad SMARTS) is 2. The van der Waals surface area contributed by atoms with Crippen LogP contribution in [0, 0.1) is 0 Å². The molecule has 0 spiro atoms. The molecule has 88 valence electrons. The Labute approximate surface area is 89.1 Å². The third kappa shape index (κ3) is 2.80. The highest BCUT2D eigenvalue weighted by Crippen LogP contribution is 2.09. The first-order valence-corrected chi connectivity index (χ1v) is 3.74. The summed E-state index contributed by atoms with van der Waals surface area (Å²) in [7, 11) is 1.70. The van der Waals surface area contributed by atoms with Gasteiger partial charge in [0.1, 0.15) is 0 Å². The van der Waals surface area contributed by atoms with Gasteiger partial charge >= 0.3 is 23.9 Å². The maximum absolute atomic E-state index is 11.0. The standard InChI is InChI=1S/C8H8O8/c1-15-7(13)3(5(9)10)4(6(11)12)8(14)16-2/h1-2H3,(H,9,10)(H,11,12). The summed E-state index contributed by atoms with van der Waals surface area (Å²) >= 11 is 0. The van der Waals surface area contributed by atoms with E-state index in [1.54, 1.807) is 0 Å². The van der Waals surface area contributed by atoms with Crippen LogP contribution in [0.3, 0.4) is 0 Å². The molecule has 0 aromatic heterocycles. The van der Waals surface area contributed by atoms with Gasteiger partial charge in [-0.05, 0) is 0 Å². The quantitative estimate of drug-likeness (QED) is 0.267. The fraction of sp³-hybridized carbons (Fsp3) is 0.250. The van der Waals surface area contributed by atoms with Crippen molar-refractivity contribution in [3.05, 3.63) is 11.1 Å². The highest BCUT2D eigenvalue weighted by Gasteiger charge is 2.33. The van der Waals surface area contributed by atoms with E-state index in [1.807, 2.05) is 0 Å². The van der Waals surface area contributed by atoms with Crippen molar-refractivity contribution in [2.45, 2.75) is 0 Å². The second-order valence-electron chi connectivity index (χ2n) is 2.34. The molecular weight excluding hydrogens is 224 g/mol. The molecule has 0 heterocycles. The zero-order chi connectivity index (χ0) is 12.9. The Balaban J connectivity index is 5.83. The predicted octanol–water partition coefficient (Wildman–Crippen LogP) is -1.20. The first-order valence-electron chi connectivity index (χ1n) is 3.74. The third-order valence-corrected chi connectivity index (χ3v) is 1.46. The topological polar surface area (TPSA) is 127 Å². The van der Waals surface area contributed by atoms with E-state index in [0.29, 0.717) is 0 Å². The van der Waals surface area contributed by atoms with Crippen LogP contribution in [-0.4, -0.2) is 48.3 Å². The molecule has 8 nitrogen and oxygen atoms in total. The van der Waals surface area contributed by atoms with Gasteiger partial charge < -0.3 is 19.7 Å². The van der Waals surface area contributed by atoms with Gasteiger partial charge in [-0.3, -0.25) is 0 Å². The van der Waals surface area contributed by atoms with Gasteiger partial charge in [0.25, 0.3) is 0 Å². The lowest BCUT2D eigenvalue weighted by atomic mass is 10.1. The van der Waals surface area contributed by atoms with Gasteiger partial charge in [0.05, 0.1) is 14.2 Å². The Morgan fingerprint density at radius 3 is 1.12 bits per heavy atom. The van der Waals surface area contributed by atoms with Crippen LogP contribution in [0.2, 0.25) is 0 Å². The van der Waals surface area contributed by atoms with E-state index in [4.69, 9.17) is 10.2 Å². The van der Waals surface area contributed by atoms with Crippen LogP contribution in [0.25, 0.3) is 0 Å². The Kier molecular flexibility index (Phi) is 4.67. The smallest absolute Gasteiger partial charge is 0.346 e. The van der Waals surface area contributed by atoms with Gasteiger partial charge in [-0.2, -0.15) is 0 Å². The van der Waals surface area contributed by atoms with Crippen LogP contribution in [0.1, 0.15) is 0 Å². The molecular formula is C8H8O8. The van der Waals surface area contributed by atoms with Gasteiger partial charge in [-0.1, -0.05) is 0 Å². The molecule has 0 aromatic rings. The Morgan fingerprint density at radius 2 is 1.00 bits per heavy atom. The molecule has 0 saturated heterocycles. The van der Waals surface area contributed by atoms with E-state index in [-0.39, 0.29) is 0 Å². The van der Waals surface area contributed by atoms with E-state index in [2.05, 4.69) is 9.47 Å². The van der Waals surface area contributed by atoms with Crippen LogP contribution >= 0.6 is 0 Å². The summed E-state index contributed by atoms with van der Waals surface area (Å²) in [6, 6.07) is 0. The number of aliphatic carboxylic acids is 2. The van der Waals surface area contributed by atoms with E-state index in [0.717, 1.165) is 14.2 Å². The predicted molar refractivity (Wildman–Crippen MR) is 46.3 cm³/mol. The summed E-state index contributed by atoms with van der Waals surface area (Å²) < 4.78 is 8.10. The van der Waals surface area contributed by atoms with E-state index < -0.39 is 35.0 Å². The minimum absolute atomic E-state index is 0.849. The first-order chi connectivity index (χ1) is 7.36. The van der Waals surface area contributed by atoms with Gasteiger partial charge in [0.15, 0.2) is 11.1 Å². The maximum Gasteiger partial charge on any atom is 0.346 e. The molecule has 0 rings (SSSR count). The largest absolute Gasteiger partial charge is 0.477 e. The number of methoxy groups -OCH3 is 2. The normalized spacial score (nSPS) is 11.1. The van der Waals surface area contributed by atoms with Crippen molar-refractivity contribution in [3.63, 3.8) is 0 Å². The van der Waals surface area contributed by atoms with Crippen LogP contribution < -0.4 is 0 Å². The number of carboxylic acids is 2. The van der Waals surface area contributed by atoms with Crippen molar-refractivity contribution in [1.29, 1.82) is 0 Å². The van der Waals surface area contributed by atoms with E-state index in [9.17, 15) is 19.2 Å². The summed E-state index contributed by atoms with van der Waals surface area (Å²) in [4.78, 5) is 43.2. The van der Waals surface area contributed by atoms with Gasteiger partial charge in [-0.15, -0.1) is 0 Å². The average molecular weight is 232 g/mol. The summed E-state index contributed by atoms with van der Waals surface area (Å²) in [6.45, 7) is 0. The van der Waals surface area contributed by atoms with Gasteiger partial charge in [-0.25, -0.2) is 19.2 Å². The van der Waals surface area contributed by atoms with E-state index in [1.165, 1.54) is 0 Å². The molecule has 16 heavy (non-hydrogen) atoms. The van der Waals surface area contributed by atoms with Gasteiger partial charge in [0.2, 0.25) is 0 Å². The van der Waals surface area contributed by atoms with Gasteiger partial charge in [0, 0.05) is 0 Å². The Hall–Kier alpha value is -2.38. The molecule has 0 radical (unpaired) electrons. The number of ether oxygens (including phenoxy) is 2. The maximum atomic E-state index is 11.0.